The predicted octanol–water partition coefficient (Wildman–Crippen LogP) is 3.59. The normalized spacial score (nSPS) is 12.0. The van der Waals surface area contributed by atoms with Gasteiger partial charge in [0, 0.05) is 6.54 Å². The van der Waals surface area contributed by atoms with Crippen LogP contribution in [0.1, 0.15) is 18.5 Å². The molecular weight excluding hydrogens is 340 g/mol. The molecule has 2 heterocycles. The summed E-state index contributed by atoms with van der Waals surface area (Å²) in [6.07, 6.45) is 0.799. The summed E-state index contributed by atoms with van der Waals surface area (Å²) in [6, 6.07) is 13.6. The molecule has 0 saturated carbocycles. The zero-order valence-electron chi connectivity index (χ0n) is 13.2. The lowest BCUT2D eigenvalue weighted by molar-refractivity contribution is -0.123. The number of nitrogens with one attached hydrogen (secondary N) is 2. The van der Waals surface area contributed by atoms with E-state index in [0.29, 0.717) is 17.1 Å². The van der Waals surface area contributed by atoms with Gasteiger partial charge in [-0.05, 0) is 42.6 Å². The SMILES string of the molecule is C[C@H](C(=O)NCCc1ccccc1)n1c(-c2cccs2)n[nH]c1=S. The summed E-state index contributed by atoms with van der Waals surface area (Å²) in [5, 5.41) is 12.0. The van der Waals surface area contributed by atoms with Gasteiger partial charge in [-0.25, -0.2) is 0 Å². The molecule has 0 saturated heterocycles. The van der Waals surface area contributed by atoms with Crippen LogP contribution in [0, 0.1) is 4.77 Å². The van der Waals surface area contributed by atoms with Gasteiger partial charge in [0.1, 0.15) is 6.04 Å². The van der Waals surface area contributed by atoms with E-state index in [9.17, 15) is 4.79 Å². The molecular formula is C17H18N4OS2. The standard InChI is InChI=1S/C17H18N4OS2/c1-12(16(22)18-10-9-13-6-3-2-4-7-13)21-15(19-20-17(21)23)14-8-5-11-24-14/h2-8,11-12H,9-10H2,1H3,(H,18,22)(H,20,23)/t12-/m1/s1. The maximum Gasteiger partial charge on any atom is 0.242 e. The topological polar surface area (TPSA) is 62.7 Å². The summed E-state index contributed by atoms with van der Waals surface area (Å²) in [5.41, 5.74) is 1.20. The van der Waals surface area contributed by atoms with Crippen molar-refractivity contribution >= 4 is 29.5 Å². The number of H-pyrrole nitrogens is 1. The molecule has 0 fully saturated rings. The predicted molar refractivity (Wildman–Crippen MR) is 98.6 cm³/mol. The van der Waals surface area contributed by atoms with Crippen LogP contribution in [0.2, 0.25) is 0 Å². The molecule has 3 aromatic rings. The highest BCUT2D eigenvalue weighted by Crippen LogP contribution is 2.25. The lowest BCUT2D eigenvalue weighted by Crippen LogP contribution is -2.32. The van der Waals surface area contributed by atoms with E-state index < -0.39 is 6.04 Å². The van der Waals surface area contributed by atoms with Gasteiger partial charge in [-0.15, -0.1) is 11.3 Å². The molecule has 0 aliphatic heterocycles. The summed E-state index contributed by atoms with van der Waals surface area (Å²) < 4.78 is 2.21. The zero-order chi connectivity index (χ0) is 16.9. The molecule has 0 spiro atoms. The lowest BCUT2D eigenvalue weighted by Gasteiger charge is -2.15. The smallest absolute Gasteiger partial charge is 0.242 e. The second kappa shape index (κ2) is 7.55. The van der Waals surface area contributed by atoms with Crippen LogP contribution in [0.3, 0.4) is 0 Å². The Kier molecular flexibility index (Phi) is 5.22. The fraction of sp³-hybridized carbons (Fsp3) is 0.235. The Balaban J connectivity index is 1.68. The average molecular weight is 358 g/mol. The second-order valence-corrected chi connectivity index (χ2v) is 6.74. The first kappa shape index (κ1) is 16.6. The van der Waals surface area contributed by atoms with E-state index in [1.807, 2.05) is 42.6 Å². The molecule has 0 bridgehead atoms. The molecule has 7 heteroatoms. The number of aromatic nitrogens is 3. The Hall–Kier alpha value is -2.25. The number of carbonyl (C=O) groups is 1. The number of rotatable bonds is 6. The van der Waals surface area contributed by atoms with Gasteiger partial charge in [0.25, 0.3) is 0 Å². The maximum absolute atomic E-state index is 12.5. The second-order valence-electron chi connectivity index (χ2n) is 5.40. The van der Waals surface area contributed by atoms with Crippen molar-refractivity contribution in [1.29, 1.82) is 0 Å². The molecule has 5 nitrogen and oxygen atoms in total. The van der Waals surface area contributed by atoms with Crippen LogP contribution in [-0.4, -0.2) is 27.2 Å². The number of thiophene rings is 1. The molecule has 1 atom stereocenters. The Morgan fingerprint density at radius 2 is 2.12 bits per heavy atom. The molecule has 2 N–H and O–H groups in total. The molecule has 1 aromatic carbocycles. The van der Waals surface area contributed by atoms with Gasteiger partial charge >= 0.3 is 0 Å². The van der Waals surface area contributed by atoms with Crippen LogP contribution in [0.25, 0.3) is 10.7 Å². The third kappa shape index (κ3) is 3.63. The highest BCUT2D eigenvalue weighted by atomic mass is 32.1. The van der Waals surface area contributed by atoms with Gasteiger partial charge < -0.3 is 5.32 Å². The third-order valence-corrected chi connectivity index (χ3v) is 4.92. The fourth-order valence-electron chi connectivity index (χ4n) is 2.48. The van der Waals surface area contributed by atoms with E-state index in [-0.39, 0.29) is 5.91 Å². The molecule has 24 heavy (non-hydrogen) atoms. The Morgan fingerprint density at radius 1 is 1.33 bits per heavy atom. The van der Waals surface area contributed by atoms with Crippen LogP contribution in [0.15, 0.2) is 47.8 Å². The summed E-state index contributed by atoms with van der Waals surface area (Å²) in [4.78, 5) is 13.5. The average Bonchev–Trinajstić information content (AvgIpc) is 3.24. The van der Waals surface area contributed by atoms with Crippen LogP contribution in [-0.2, 0) is 11.2 Å². The van der Waals surface area contributed by atoms with Crippen LogP contribution < -0.4 is 5.32 Å². The van der Waals surface area contributed by atoms with Gasteiger partial charge in [0.2, 0.25) is 5.91 Å². The van der Waals surface area contributed by atoms with Gasteiger partial charge in [0.05, 0.1) is 4.88 Å². The van der Waals surface area contributed by atoms with Crippen LogP contribution in [0.4, 0.5) is 0 Å². The molecule has 2 aromatic heterocycles. The van der Waals surface area contributed by atoms with Crippen molar-refractivity contribution in [2.75, 3.05) is 6.54 Å². The van der Waals surface area contributed by atoms with Gasteiger partial charge in [-0.1, -0.05) is 36.4 Å². The summed E-state index contributed by atoms with van der Waals surface area (Å²) >= 11 is 6.87. The number of benzene rings is 1. The third-order valence-electron chi connectivity index (χ3n) is 3.77. The van der Waals surface area contributed by atoms with Crippen molar-refractivity contribution < 1.29 is 4.79 Å². The molecule has 0 unspecified atom stereocenters. The minimum atomic E-state index is -0.427. The Morgan fingerprint density at radius 3 is 2.83 bits per heavy atom. The first-order valence-electron chi connectivity index (χ1n) is 7.69. The van der Waals surface area contributed by atoms with Crippen molar-refractivity contribution in [2.24, 2.45) is 0 Å². The minimum absolute atomic E-state index is 0.0683. The highest BCUT2D eigenvalue weighted by molar-refractivity contribution is 7.71. The Labute approximate surface area is 149 Å². The molecule has 124 valence electrons. The largest absolute Gasteiger partial charge is 0.354 e. The zero-order valence-corrected chi connectivity index (χ0v) is 14.9. The van der Waals surface area contributed by atoms with Crippen LogP contribution >= 0.6 is 23.6 Å². The van der Waals surface area contributed by atoms with Crippen LogP contribution in [0.5, 0.6) is 0 Å². The van der Waals surface area contributed by atoms with E-state index in [1.54, 1.807) is 15.9 Å². The molecule has 1 amide bonds. The van der Waals surface area contributed by atoms with Crippen molar-refractivity contribution in [3.05, 3.63) is 58.2 Å². The van der Waals surface area contributed by atoms with E-state index in [2.05, 4.69) is 27.6 Å². The molecule has 0 aliphatic rings. The van der Waals surface area contributed by atoms with Gasteiger partial charge in [-0.2, -0.15) is 5.10 Å². The van der Waals surface area contributed by atoms with E-state index >= 15 is 0 Å². The highest BCUT2D eigenvalue weighted by Gasteiger charge is 2.20. The summed E-state index contributed by atoms with van der Waals surface area (Å²) in [7, 11) is 0. The first-order chi connectivity index (χ1) is 11.7. The van der Waals surface area contributed by atoms with Crippen molar-refractivity contribution in [1.82, 2.24) is 20.1 Å². The number of aromatic amines is 1. The van der Waals surface area contributed by atoms with Gasteiger partial charge in [0.15, 0.2) is 10.6 Å². The lowest BCUT2D eigenvalue weighted by atomic mass is 10.1. The van der Waals surface area contributed by atoms with Crippen molar-refractivity contribution in [2.45, 2.75) is 19.4 Å². The first-order valence-corrected chi connectivity index (χ1v) is 8.98. The van der Waals surface area contributed by atoms with E-state index in [4.69, 9.17) is 12.2 Å². The minimum Gasteiger partial charge on any atom is -0.354 e. The molecule has 3 rings (SSSR count). The fourth-order valence-corrected chi connectivity index (χ4v) is 3.48. The number of hydrogen-bond donors (Lipinski definition) is 2. The van der Waals surface area contributed by atoms with Crippen molar-refractivity contribution in [3.63, 3.8) is 0 Å². The number of carbonyl (C=O) groups excluding carboxylic acids is 1. The summed E-state index contributed by atoms with van der Waals surface area (Å²) in [6.45, 7) is 2.42. The molecule has 0 radical (unpaired) electrons. The number of amides is 1. The number of hydrogen-bond acceptors (Lipinski definition) is 4. The van der Waals surface area contributed by atoms with E-state index in [1.165, 1.54) is 5.56 Å². The maximum atomic E-state index is 12.5. The summed E-state index contributed by atoms with van der Waals surface area (Å²) in [5.74, 6) is 0.627. The number of nitrogens with zero attached hydrogens (tertiary/aromatic N) is 2. The van der Waals surface area contributed by atoms with Gasteiger partial charge in [-0.3, -0.25) is 14.5 Å². The quantitative estimate of drug-likeness (QED) is 0.662. The van der Waals surface area contributed by atoms with E-state index in [0.717, 1.165) is 11.3 Å². The monoisotopic (exact) mass is 358 g/mol. The van der Waals surface area contributed by atoms with Crippen molar-refractivity contribution in [3.8, 4) is 10.7 Å². The Bertz CT molecular complexity index is 852. The molecule has 0 aliphatic carbocycles.